The minimum atomic E-state index is -1.72. The average molecular weight is 495 g/mol. The van der Waals surface area contributed by atoms with Gasteiger partial charge in [0.1, 0.15) is 23.4 Å². The minimum Gasteiger partial charge on any atom is -0.457 e. The van der Waals surface area contributed by atoms with Gasteiger partial charge in [-0.1, -0.05) is 46.3 Å². The van der Waals surface area contributed by atoms with E-state index in [1.54, 1.807) is 18.2 Å². The number of hydrogen-bond acceptors (Lipinski definition) is 6. The van der Waals surface area contributed by atoms with Gasteiger partial charge in [-0.05, 0) is 30.2 Å². The molecule has 32 heavy (non-hydrogen) atoms. The zero-order valence-corrected chi connectivity index (χ0v) is 18.5. The maximum atomic E-state index is 13.6. The first-order valence-electron chi connectivity index (χ1n) is 10.2. The largest absolute Gasteiger partial charge is 0.457 e. The number of ketones is 1. The molecule has 1 amide bonds. The van der Waals surface area contributed by atoms with Crippen molar-refractivity contribution in [3.05, 3.63) is 86.9 Å². The van der Waals surface area contributed by atoms with Crippen molar-refractivity contribution in [1.29, 1.82) is 0 Å². The van der Waals surface area contributed by atoms with Gasteiger partial charge >= 0.3 is 5.97 Å². The van der Waals surface area contributed by atoms with Gasteiger partial charge in [-0.25, -0.2) is 4.79 Å². The van der Waals surface area contributed by atoms with Gasteiger partial charge in [0.25, 0.3) is 0 Å². The van der Waals surface area contributed by atoms with Crippen molar-refractivity contribution in [3.8, 4) is 0 Å². The van der Waals surface area contributed by atoms with Crippen molar-refractivity contribution < 1.29 is 23.9 Å². The van der Waals surface area contributed by atoms with Crippen LogP contribution in [-0.4, -0.2) is 17.7 Å². The van der Waals surface area contributed by atoms with E-state index < -0.39 is 17.3 Å². The smallest absolute Gasteiger partial charge is 0.341 e. The summed E-state index contributed by atoms with van der Waals surface area (Å²) in [5.74, 6) is -1.46. The molecule has 1 atom stereocenters. The predicted octanol–water partition coefficient (Wildman–Crippen LogP) is 3.59. The summed E-state index contributed by atoms with van der Waals surface area (Å²) in [5.41, 5.74) is 6.26. The fourth-order valence-electron chi connectivity index (χ4n) is 4.65. The summed E-state index contributed by atoms with van der Waals surface area (Å²) in [6, 6.07) is 14.4. The lowest BCUT2D eigenvalue weighted by atomic mass is 9.65. The molecule has 8 heteroatoms. The van der Waals surface area contributed by atoms with Crippen LogP contribution in [0.1, 0.15) is 30.4 Å². The summed E-state index contributed by atoms with van der Waals surface area (Å²) in [6.45, 7) is -0.0145. The third kappa shape index (κ3) is 2.97. The zero-order chi connectivity index (χ0) is 22.5. The Morgan fingerprint density at radius 2 is 1.94 bits per heavy atom. The normalized spacial score (nSPS) is 21.8. The molecule has 0 unspecified atom stereocenters. The number of anilines is 1. The van der Waals surface area contributed by atoms with Gasteiger partial charge in [0.2, 0.25) is 11.8 Å². The Morgan fingerprint density at radius 1 is 1.16 bits per heavy atom. The fraction of sp³-hybridized carbons (Fsp3) is 0.208. The SMILES string of the molecule is NC1=C(C(=O)OCc2ccccc2)[C@]2(C(=O)Nc3ccc(Br)cc32)C2=C(CCCC2=O)O1. The number of fused-ring (bicyclic) bond motifs is 3. The first-order valence-corrected chi connectivity index (χ1v) is 11.0. The topological polar surface area (TPSA) is 108 Å². The highest BCUT2D eigenvalue weighted by Gasteiger charge is 2.61. The van der Waals surface area contributed by atoms with Crippen molar-refractivity contribution in [2.24, 2.45) is 5.73 Å². The van der Waals surface area contributed by atoms with Crippen molar-refractivity contribution in [2.45, 2.75) is 31.3 Å². The average Bonchev–Trinajstić information content (AvgIpc) is 3.04. The standard InChI is InChI=1S/C24H19BrN2O5/c25-14-9-10-16-15(11-14)24(23(30)27-16)19-17(28)7-4-8-18(19)32-21(26)20(24)22(29)31-12-13-5-2-1-3-6-13/h1-3,5-6,9-11H,4,7-8,12,26H2,(H,27,30)/t24-/m1/s1. The number of allylic oxidation sites excluding steroid dienone is 1. The highest BCUT2D eigenvalue weighted by Crippen LogP contribution is 2.54. The molecular weight excluding hydrogens is 476 g/mol. The molecule has 2 heterocycles. The number of halogens is 1. The Hall–Kier alpha value is -3.39. The van der Waals surface area contributed by atoms with Gasteiger partial charge in [0.05, 0.1) is 5.57 Å². The molecule has 2 aromatic carbocycles. The van der Waals surface area contributed by atoms with Crippen LogP contribution in [0, 0.1) is 0 Å². The van der Waals surface area contributed by atoms with Crippen LogP contribution in [-0.2, 0) is 35.9 Å². The number of nitrogens with two attached hydrogens (primary N) is 1. The number of nitrogens with one attached hydrogen (secondary N) is 1. The third-order valence-electron chi connectivity index (χ3n) is 5.99. The number of esters is 1. The number of rotatable bonds is 3. The number of carbonyl (C=O) groups is 3. The molecule has 0 fully saturated rings. The monoisotopic (exact) mass is 494 g/mol. The number of carbonyl (C=O) groups excluding carboxylic acids is 3. The Morgan fingerprint density at radius 3 is 2.72 bits per heavy atom. The Balaban J connectivity index is 1.68. The maximum absolute atomic E-state index is 13.6. The van der Waals surface area contributed by atoms with E-state index in [0.717, 1.165) is 5.56 Å². The molecule has 0 radical (unpaired) electrons. The number of Topliss-reactive ketones (excluding diaryl/α,β-unsaturated/α-hetero) is 1. The lowest BCUT2D eigenvalue weighted by Gasteiger charge is -2.38. The molecule has 3 N–H and O–H groups in total. The van der Waals surface area contributed by atoms with Crippen LogP contribution in [0.15, 0.2) is 75.8 Å². The second kappa shape index (κ2) is 7.63. The molecule has 3 aliphatic rings. The van der Waals surface area contributed by atoms with Crippen LogP contribution in [0.2, 0.25) is 0 Å². The minimum absolute atomic E-state index is 0.0145. The Labute approximate surface area is 192 Å². The van der Waals surface area contributed by atoms with Crippen LogP contribution in [0.25, 0.3) is 0 Å². The van der Waals surface area contributed by atoms with E-state index in [2.05, 4.69) is 21.2 Å². The number of ether oxygens (including phenoxy) is 2. The molecule has 7 nitrogen and oxygen atoms in total. The van der Waals surface area contributed by atoms with E-state index >= 15 is 0 Å². The highest BCUT2D eigenvalue weighted by molar-refractivity contribution is 9.10. The van der Waals surface area contributed by atoms with Gasteiger partial charge in [0.15, 0.2) is 5.78 Å². The van der Waals surface area contributed by atoms with E-state index in [-0.39, 0.29) is 35.8 Å². The first-order chi connectivity index (χ1) is 15.4. The maximum Gasteiger partial charge on any atom is 0.341 e. The van der Waals surface area contributed by atoms with Crippen LogP contribution in [0.4, 0.5) is 5.69 Å². The number of benzene rings is 2. The van der Waals surface area contributed by atoms with E-state index in [4.69, 9.17) is 15.2 Å². The summed E-state index contributed by atoms with van der Waals surface area (Å²) >= 11 is 3.44. The molecule has 1 spiro atoms. The van der Waals surface area contributed by atoms with Crippen molar-refractivity contribution in [1.82, 2.24) is 0 Å². The lowest BCUT2D eigenvalue weighted by Crippen LogP contribution is -2.49. The first kappa shape index (κ1) is 20.5. The van der Waals surface area contributed by atoms with Gasteiger partial charge in [-0.3, -0.25) is 9.59 Å². The third-order valence-corrected chi connectivity index (χ3v) is 6.48. The summed E-state index contributed by atoms with van der Waals surface area (Å²) in [4.78, 5) is 40.1. The zero-order valence-electron chi connectivity index (χ0n) is 16.9. The van der Waals surface area contributed by atoms with Crippen molar-refractivity contribution >= 4 is 39.3 Å². The van der Waals surface area contributed by atoms with Gasteiger partial charge in [0, 0.05) is 28.6 Å². The summed E-state index contributed by atoms with van der Waals surface area (Å²) in [7, 11) is 0. The van der Waals surface area contributed by atoms with Crippen molar-refractivity contribution in [2.75, 3.05) is 5.32 Å². The molecule has 2 aliphatic heterocycles. The second-order valence-electron chi connectivity index (χ2n) is 7.87. The summed E-state index contributed by atoms with van der Waals surface area (Å²) in [5, 5.41) is 2.82. The summed E-state index contributed by atoms with van der Waals surface area (Å²) < 4.78 is 12.0. The summed E-state index contributed by atoms with van der Waals surface area (Å²) in [6.07, 6.45) is 1.29. The van der Waals surface area contributed by atoms with Gasteiger partial charge < -0.3 is 20.5 Å². The van der Waals surface area contributed by atoms with Crippen molar-refractivity contribution in [3.63, 3.8) is 0 Å². The molecule has 162 valence electrons. The predicted molar refractivity (Wildman–Crippen MR) is 119 cm³/mol. The highest BCUT2D eigenvalue weighted by atomic mass is 79.9. The Kier molecular flexibility index (Phi) is 4.89. The molecular formula is C24H19BrN2O5. The van der Waals surface area contributed by atoms with Crippen LogP contribution >= 0.6 is 15.9 Å². The lowest BCUT2D eigenvalue weighted by molar-refractivity contribution is -0.142. The molecule has 0 aromatic heterocycles. The van der Waals surface area contributed by atoms with E-state index in [1.165, 1.54) is 0 Å². The molecule has 0 bridgehead atoms. The molecule has 5 rings (SSSR count). The van der Waals surface area contributed by atoms with Gasteiger partial charge in [-0.2, -0.15) is 0 Å². The number of amides is 1. The van der Waals surface area contributed by atoms with Crippen LogP contribution in [0.5, 0.6) is 0 Å². The number of hydrogen-bond donors (Lipinski definition) is 2. The molecule has 1 aliphatic carbocycles. The Bertz CT molecular complexity index is 1230. The quantitative estimate of drug-likeness (QED) is 0.631. The van der Waals surface area contributed by atoms with E-state index in [1.807, 2.05) is 30.3 Å². The molecule has 0 saturated heterocycles. The second-order valence-corrected chi connectivity index (χ2v) is 8.79. The molecule has 2 aromatic rings. The fourth-order valence-corrected chi connectivity index (χ4v) is 5.01. The van der Waals surface area contributed by atoms with Crippen LogP contribution < -0.4 is 11.1 Å². The van der Waals surface area contributed by atoms with Crippen LogP contribution in [0.3, 0.4) is 0 Å². The van der Waals surface area contributed by atoms with E-state index in [0.29, 0.717) is 34.3 Å². The van der Waals surface area contributed by atoms with Gasteiger partial charge in [-0.15, -0.1) is 0 Å². The van der Waals surface area contributed by atoms with E-state index in [9.17, 15) is 14.4 Å². The molecule has 0 saturated carbocycles.